The molecule has 0 spiro atoms. The number of halogens is 1. The molecule has 20 heavy (non-hydrogen) atoms. The molecule has 6 nitrogen and oxygen atoms in total. The molecule has 0 heterocycles. The second kappa shape index (κ2) is 6.95. The summed E-state index contributed by atoms with van der Waals surface area (Å²) in [5.41, 5.74) is -0.650. The molecule has 110 valence electrons. The summed E-state index contributed by atoms with van der Waals surface area (Å²) < 4.78 is 13.8. The molecule has 0 fully saturated rings. The molecule has 2 N–H and O–H groups in total. The Morgan fingerprint density at radius 3 is 2.75 bits per heavy atom. The van der Waals surface area contributed by atoms with Crippen molar-refractivity contribution in [2.75, 3.05) is 6.54 Å². The number of nitro benzene ring substituents is 1. The van der Waals surface area contributed by atoms with Crippen LogP contribution in [0.15, 0.2) is 12.1 Å². The fourth-order valence-electron chi connectivity index (χ4n) is 1.67. The normalized spacial score (nSPS) is 12.0. The Hall–Kier alpha value is -2.02. The minimum Gasteiger partial charge on any atom is -0.393 e. The second-order valence-corrected chi connectivity index (χ2v) is 4.49. The van der Waals surface area contributed by atoms with Crippen LogP contribution in [0.25, 0.3) is 0 Å². The average molecular weight is 284 g/mol. The van der Waals surface area contributed by atoms with Crippen molar-refractivity contribution in [1.29, 1.82) is 0 Å². The van der Waals surface area contributed by atoms with E-state index in [1.54, 1.807) is 6.92 Å². The topological polar surface area (TPSA) is 92.5 Å². The molecule has 0 aliphatic rings. The molecule has 0 radical (unpaired) electrons. The van der Waals surface area contributed by atoms with Gasteiger partial charge >= 0.3 is 0 Å². The minimum atomic E-state index is -0.774. The molecule has 1 unspecified atom stereocenters. The van der Waals surface area contributed by atoms with Crippen LogP contribution in [0.4, 0.5) is 10.1 Å². The lowest BCUT2D eigenvalue weighted by atomic mass is 10.1. The molecule has 0 bridgehead atoms. The molecule has 0 saturated carbocycles. The zero-order chi connectivity index (χ0) is 15.3. The number of aliphatic hydroxyl groups is 1. The molecular formula is C13H17FN2O4. The fraction of sp³-hybridized carbons (Fsp3) is 0.462. The number of nitrogens with zero attached hydrogens (tertiary/aromatic N) is 1. The van der Waals surface area contributed by atoms with E-state index in [1.165, 1.54) is 6.92 Å². The number of nitro groups is 1. The minimum absolute atomic E-state index is 0.0398. The van der Waals surface area contributed by atoms with E-state index in [2.05, 4.69) is 5.32 Å². The van der Waals surface area contributed by atoms with Crippen LogP contribution in [0.1, 0.15) is 35.7 Å². The first-order chi connectivity index (χ1) is 9.36. The first-order valence-electron chi connectivity index (χ1n) is 6.27. The number of hydrogen-bond donors (Lipinski definition) is 2. The molecule has 0 aliphatic heterocycles. The van der Waals surface area contributed by atoms with E-state index in [9.17, 15) is 24.4 Å². The van der Waals surface area contributed by atoms with Gasteiger partial charge in [-0.3, -0.25) is 14.9 Å². The van der Waals surface area contributed by atoms with E-state index in [1.807, 2.05) is 0 Å². The standard InChI is InChI=1S/C13H17FN2O4/c1-3-10(17)4-5-15-13(18)11-7-9(16(19)20)6-8(2)12(11)14/h6-7,10,17H,3-5H2,1-2H3,(H,15,18). The third-order valence-electron chi connectivity index (χ3n) is 2.93. The zero-order valence-corrected chi connectivity index (χ0v) is 11.4. The van der Waals surface area contributed by atoms with E-state index in [0.717, 1.165) is 12.1 Å². The largest absolute Gasteiger partial charge is 0.393 e. The maximum absolute atomic E-state index is 13.8. The van der Waals surface area contributed by atoms with E-state index >= 15 is 0 Å². The fourth-order valence-corrected chi connectivity index (χ4v) is 1.67. The van der Waals surface area contributed by atoms with E-state index in [-0.39, 0.29) is 23.4 Å². The van der Waals surface area contributed by atoms with Crippen LogP contribution in [0.3, 0.4) is 0 Å². The molecule has 0 aliphatic carbocycles. The summed E-state index contributed by atoms with van der Waals surface area (Å²) in [4.78, 5) is 21.8. The van der Waals surface area contributed by atoms with Crippen LogP contribution in [0, 0.1) is 22.9 Å². The van der Waals surface area contributed by atoms with Gasteiger partial charge in [-0.1, -0.05) is 6.92 Å². The van der Waals surface area contributed by atoms with Crippen molar-refractivity contribution in [2.45, 2.75) is 32.8 Å². The average Bonchev–Trinajstić information content (AvgIpc) is 2.40. The van der Waals surface area contributed by atoms with Gasteiger partial charge in [0.15, 0.2) is 0 Å². The van der Waals surface area contributed by atoms with Gasteiger partial charge in [-0.2, -0.15) is 0 Å². The summed E-state index contributed by atoms with van der Waals surface area (Å²) in [7, 11) is 0. The van der Waals surface area contributed by atoms with Crippen molar-refractivity contribution >= 4 is 11.6 Å². The Kier molecular flexibility index (Phi) is 5.57. The number of carbonyl (C=O) groups excluding carboxylic acids is 1. The lowest BCUT2D eigenvalue weighted by molar-refractivity contribution is -0.385. The predicted molar refractivity (Wildman–Crippen MR) is 71.0 cm³/mol. The number of nitrogens with one attached hydrogen (secondary N) is 1. The highest BCUT2D eigenvalue weighted by Crippen LogP contribution is 2.20. The van der Waals surface area contributed by atoms with Crippen LogP contribution in [0.5, 0.6) is 0 Å². The van der Waals surface area contributed by atoms with Crippen molar-refractivity contribution in [3.63, 3.8) is 0 Å². The van der Waals surface area contributed by atoms with Crippen LogP contribution < -0.4 is 5.32 Å². The lowest BCUT2D eigenvalue weighted by Crippen LogP contribution is -2.28. The van der Waals surface area contributed by atoms with E-state index < -0.39 is 22.8 Å². The summed E-state index contributed by atoms with van der Waals surface area (Å²) >= 11 is 0. The number of amides is 1. The van der Waals surface area contributed by atoms with Crippen LogP contribution in [-0.4, -0.2) is 28.6 Å². The van der Waals surface area contributed by atoms with Gasteiger partial charge in [-0.25, -0.2) is 4.39 Å². The van der Waals surface area contributed by atoms with Crippen molar-refractivity contribution in [3.05, 3.63) is 39.2 Å². The van der Waals surface area contributed by atoms with Crippen LogP contribution in [0.2, 0.25) is 0 Å². The van der Waals surface area contributed by atoms with Gasteiger partial charge in [0.2, 0.25) is 0 Å². The highest BCUT2D eigenvalue weighted by Gasteiger charge is 2.19. The van der Waals surface area contributed by atoms with Crippen molar-refractivity contribution < 1.29 is 19.2 Å². The third-order valence-corrected chi connectivity index (χ3v) is 2.93. The molecule has 1 atom stereocenters. The Bertz CT molecular complexity index is 519. The lowest BCUT2D eigenvalue weighted by Gasteiger charge is -2.10. The first kappa shape index (κ1) is 16.0. The predicted octanol–water partition coefficient (Wildman–Crippen LogP) is 1.93. The highest BCUT2D eigenvalue weighted by molar-refractivity contribution is 5.95. The number of carbonyl (C=O) groups is 1. The van der Waals surface area contributed by atoms with Gasteiger partial charge in [-0.05, 0) is 25.3 Å². The first-order valence-corrected chi connectivity index (χ1v) is 6.27. The van der Waals surface area contributed by atoms with Gasteiger partial charge in [0.25, 0.3) is 11.6 Å². The van der Waals surface area contributed by atoms with Crippen LogP contribution in [-0.2, 0) is 0 Å². The molecule has 1 rings (SSSR count). The summed E-state index contributed by atoms with van der Waals surface area (Å²) in [5, 5.41) is 22.5. The quantitative estimate of drug-likeness (QED) is 0.616. The number of aliphatic hydroxyl groups excluding tert-OH is 1. The number of rotatable bonds is 6. The van der Waals surface area contributed by atoms with E-state index in [4.69, 9.17) is 0 Å². The molecular weight excluding hydrogens is 267 g/mol. The molecule has 0 saturated heterocycles. The summed E-state index contributed by atoms with van der Waals surface area (Å²) in [6, 6.07) is 1.99. The molecule has 7 heteroatoms. The molecule has 1 aromatic rings. The van der Waals surface area contributed by atoms with Crippen LogP contribution >= 0.6 is 0 Å². The third kappa shape index (κ3) is 3.99. The SMILES string of the molecule is CCC(O)CCNC(=O)c1cc([N+](=O)[O-])cc(C)c1F. The maximum atomic E-state index is 13.8. The van der Waals surface area contributed by atoms with Gasteiger partial charge in [0.1, 0.15) is 5.82 Å². The van der Waals surface area contributed by atoms with Gasteiger partial charge in [0, 0.05) is 18.7 Å². The highest BCUT2D eigenvalue weighted by atomic mass is 19.1. The Balaban J connectivity index is 2.84. The van der Waals surface area contributed by atoms with Gasteiger partial charge in [-0.15, -0.1) is 0 Å². The zero-order valence-electron chi connectivity index (χ0n) is 11.4. The Morgan fingerprint density at radius 2 is 2.20 bits per heavy atom. The van der Waals surface area contributed by atoms with Gasteiger partial charge in [0.05, 0.1) is 16.6 Å². The van der Waals surface area contributed by atoms with Gasteiger partial charge < -0.3 is 10.4 Å². The van der Waals surface area contributed by atoms with E-state index in [0.29, 0.717) is 12.8 Å². The number of aryl methyl sites for hydroxylation is 1. The molecule has 1 aromatic carbocycles. The second-order valence-electron chi connectivity index (χ2n) is 4.49. The number of benzene rings is 1. The summed E-state index contributed by atoms with van der Waals surface area (Å²) in [6.07, 6.45) is 0.366. The molecule has 1 amide bonds. The Morgan fingerprint density at radius 1 is 1.55 bits per heavy atom. The van der Waals surface area contributed by atoms with Crippen molar-refractivity contribution in [1.82, 2.24) is 5.32 Å². The van der Waals surface area contributed by atoms with Crippen molar-refractivity contribution in [3.8, 4) is 0 Å². The monoisotopic (exact) mass is 284 g/mol. The summed E-state index contributed by atoms with van der Waals surface area (Å²) in [5.74, 6) is -1.50. The van der Waals surface area contributed by atoms with Crippen molar-refractivity contribution in [2.24, 2.45) is 0 Å². The number of hydrogen-bond acceptors (Lipinski definition) is 4. The number of non-ortho nitro benzene ring substituents is 1. The maximum Gasteiger partial charge on any atom is 0.270 e. The smallest absolute Gasteiger partial charge is 0.270 e. The summed E-state index contributed by atoms with van der Waals surface area (Å²) in [6.45, 7) is 3.34. The molecule has 0 aromatic heterocycles. The Labute approximate surface area is 115 Å².